The highest BCUT2D eigenvalue weighted by Crippen LogP contribution is 2.41. The Balaban J connectivity index is 1.63. The Labute approximate surface area is 261 Å². The maximum absolute atomic E-state index is 14.9. The van der Waals surface area contributed by atoms with Crippen molar-refractivity contribution in [2.75, 3.05) is 6.54 Å². The van der Waals surface area contributed by atoms with Gasteiger partial charge in [-0.2, -0.15) is 13.2 Å². The zero-order valence-corrected chi connectivity index (χ0v) is 25.6. The van der Waals surface area contributed by atoms with E-state index in [9.17, 15) is 32.7 Å². The van der Waals surface area contributed by atoms with Crippen LogP contribution in [0.5, 0.6) is 5.75 Å². The topological polar surface area (TPSA) is 100 Å². The molecule has 2 amide bonds. The van der Waals surface area contributed by atoms with Crippen molar-refractivity contribution in [3.8, 4) is 5.75 Å². The standard InChI is InChI=1S/C31H31ClF3N3O5S/c1-3-6-25-30(43-22-13-18(2)44-17-22,10-5-12-37(25)27(39)26-23(31(33,34)35)7-4-11-36-26)29(42)38-16-19-8-9-21(32)14-20(19)15-24(38)28(40)41/h4,7-9,11,13-14,17,24-25H,3,5-6,10,12,15-16H2,1-2H3,(H,40,41)/t24-,25-,30+/m1/s1. The molecule has 3 aromatic rings. The number of amides is 2. The number of likely N-dealkylation sites (tertiary alicyclic amines) is 1. The van der Waals surface area contributed by atoms with Crippen LogP contribution in [0.25, 0.3) is 0 Å². The first-order chi connectivity index (χ1) is 20.9. The summed E-state index contributed by atoms with van der Waals surface area (Å²) in [6.45, 7) is 3.73. The van der Waals surface area contributed by atoms with Gasteiger partial charge in [0.1, 0.15) is 17.5 Å². The van der Waals surface area contributed by atoms with Crippen molar-refractivity contribution in [2.45, 2.75) is 76.4 Å². The molecule has 0 unspecified atom stereocenters. The number of carbonyl (C=O) groups excluding carboxylic acids is 2. The first kappa shape index (κ1) is 31.8. The molecule has 0 radical (unpaired) electrons. The molecular formula is C31H31ClF3N3O5S. The van der Waals surface area contributed by atoms with Gasteiger partial charge in [-0.3, -0.25) is 14.6 Å². The average Bonchev–Trinajstić information content (AvgIpc) is 3.40. The van der Waals surface area contributed by atoms with Crippen LogP contribution >= 0.6 is 22.9 Å². The minimum atomic E-state index is -4.83. The maximum atomic E-state index is 14.9. The van der Waals surface area contributed by atoms with Gasteiger partial charge in [-0.25, -0.2) is 4.79 Å². The number of benzene rings is 1. The summed E-state index contributed by atoms with van der Waals surface area (Å²) < 4.78 is 48.4. The number of aryl methyl sites for hydroxylation is 1. The first-order valence-electron chi connectivity index (χ1n) is 14.2. The molecule has 5 rings (SSSR count). The van der Waals surface area contributed by atoms with Crippen molar-refractivity contribution in [3.05, 3.63) is 80.3 Å². The summed E-state index contributed by atoms with van der Waals surface area (Å²) in [5.41, 5.74) is -2.28. The fourth-order valence-corrected chi connectivity index (χ4v) is 7.05. The molecule has 13 heteroatoms. The number of carboxylic acids is 1. The monoisotopic (exact) mass is 649 g/mol. The van der Waals surface area contributed by atoms with Gasteiger partial charge in [0.2, 0.25) is 5.60 Å². The fourth-order valence-electron chi connectivity index (χ4n) is 6.26. The molecule has 3 atom stereocenters. The highest BCUT2D eigenvalue weighted by atomic mass is 35.5. The summed E-state index contributed by atoms with van der Waals surface area (Å²) in [6.07, 6.45) is -2.66. The van der Waals surface area contributed by atoms with Crippen LogP contribution in [0.3, 0.4) is 0 Å². The van der Waals surface area contributed by atoms with Crippen LogP contribution in [-0.4, -0.2) is 61.9 Å². The molecule has 8 nitrogen and oxygen atoms in total. The maximum Gasteiger partial charge on any atom is 0.418 e. The zero-order valence-electron chi connectivity index (χ0n) is 24.1. The Kier molecular flexibility index (Phi) is 8.95. The SMILES string of the molecule is CCC[C@H]1N(C(=O)c2ncccc2C(F)(F)F)CCC[C@@]1(Oc1csc(C)c1)C(=O)N1Cc2ccc(Cl)cc2C[C@@H]1C(=O)O. The second kappa shape index (κ2) is 12.4. The number of thiophene rings is 1. The predicted molar refractivity (Wildman–Crippen MR) is 158 cm³/mol. The number of alkyl halides is 3. The van der Waals surface area contributed by atoms with Crippen molar-refractivity contribution in [1.82, 2.24) is 14.8 Å². The van der Waals surface area contributed by atoms with Gasteiger partial charge in [0.25, 0.3) is 11.8 Å². The highest BCUT2D eigenvalue weighted by Gasteiger charge is 2.57. The smallest absolute Gasteiger partial charge is 0.418 e. The minimum Gasteiger partial charge on any atom is -0.480 e. The van der Waals surface area contributed by atoms with E-state index in [0.717, 1.165) is 28.8 Å². The third-order valence-electron chi connectivity index (χ3n) is 8.21. The van der Waals surface area contributed by atoms with Crippen molar-refractivity contribution < 1.29 is 37.4 Å². The number of carbonyl (C=O) groups is 3. The quantitative estimate of drug-likeness (QED) is 0.319. The molecule has 1 N–H and O–H groups in total. The lowest BCUT2D eigenvalue weighted by Gasteiger charge is -2.51. The van der Waals surface area contributed by atoms with Crippen LogP contribution in [-0.2, 0) is 28.7 Å². The first-order valence-corrected chi connectivity index (χ1v) is 15.5. The summed E-state index contributed by atoms with van der Waals surface area (Å²) in [7, 11) is 0. The van der Waals surface area contributed by atoms with Gasteiger partial charge in [0, 0.05) is 47.4 Å². The molecule has 0 aliphatic carbocycles. The summed E-state index contributed by atoms with van der Waals surface area (Å²) in [5.74, 6) is -2.46. The Morgan fingerprint density at radius 3 is 2.61 bits per heavy atom. The Morgan fingerprint density at radius 1 is 1.18 bits per heavy atom. The molecule has 0 saturated carbocycles. The van der Waals surface area contributed by atoms with E-state index >= 15 is 0 Å². The average molecular weight is 650 g/mol. The number of piperidine rings is 1. The van der Waals surface area contributed by atoms with Gasteiger partial charge in [-0.1, -0.05) is 31.0 Å². The zero-order chi connectivity index (χ0) is 31.8. The number of ether oxygens (including phenoxy) is 1. The van der Waals surface area contributed by atoms with Crippen LogP contribution in [0.15, 0.2) is 48.0 Å². The van der Waals surface area contributed by atoms with Crippen LogP contribution in [0.4, 0.5) is 13.2 Å². The van der Waals surface area contributed by atoms with Crippen molar-refractivity contribution in [1.29, 1.82) is 0 Å². The molecular weight excluding hydrogens is 619 g/mol. The molecule has 44 heavy (non-hydrogen) atoms. The van der Waals surface area contributed by atoms with Crippen molar-refractivity contribution >= 4 is 40.7 Å². The largest absolute Gasteiger partial charge is 0.480 e. The lowest BCUT2D eigenvalue weighted by molar-refractivity contribution is -0.168. The molecule has 1 aromatic carbocycles. The Morgan fingerprint density at radius 2 is 1.95 bits per heavy atom. The number of nitrogens with zero attached hydrogens (tertiary/aromatic N) is 3. The Hall–Kier alpha value is -3.64. The van der Waals surface area contributed by atoms with Crippen LogP contribution in [0.1, 0.15) is 64.7 Å². The number of hydrogen-bond acceptors (Lipinski definition) is 6. The van der Waals surface area contributed by atoms with E-state index < -0.39 is 52.9 Å². The fraction of sp³-hybridized carbons (Fsp3) is 0.419. The normalized spacial score (nSPS) is 22.0. The summed E-state index contributed by atoms with van der Waals surface area (Å²) in [4.78, 5) is 48.6. The number of fused-ring (bicyclic) bond motifs is 1. The molecule has 1 fully saturated rings. The van der Waals surface area contributed by atoms with E-state index in [1.165, 1.54) is 21.1 Å². The molecule has 1 saturated heterocycles. The number of halogens is 4. The number of pyridine rings is 1. The molecule has 234 valence electrons. The molecule has 2 aliphatic heterocycles. The predicted octanol–water partition coefficient (Wildman–Crippen LogP) is 6.38. The van der Waals surface area contributed by atoms with Gasteiger partial charge in [0.15, 0.2) is 0 Å². The van der Waals surface area contributed by atoms with Crippen molar-refractivity contribution in [3.63, 3.8) is 0 Å². The van der Waals surface area contributed by atoms with Gasteiger partial charge < -0.3 is 19.6 Å². The molecule has 0 spiro atoms. The van der Waals surface area contributed by atoms with Gasteiger partial charge >= 0.3 is 12.1 Å². The lowest BCUT2D eigenvalue weighted by Crippen LogP contribution is -2.69. The Bertz CT molecular complexity index is 1580. The van der Waals surface area contributed by atoms with E-state index in [4.69, 9.17) is 16.3 Å². The molecule has 4 heterocycles. The number of rotatable bonds is 7. The number of aromatic nitrogens is 1. The van der Waals surface area contributed by atoms with Gasteiger partial charge in [-0.05, 0) is 61.2 Å². The van der Waals surface area contributed by atoms with E-state index in [-0.39, 0.29) is 38.8 Å². The van der Waals surface area contributed by atoms with Crippen LogP contribution in [0, 0.1) is 6.92 Å². The van der Waals surface area contributed by atoms with Crippen LogP contribution < -0.4 is 4.74 Å². The van der Waals surface area contributed by atoms with E-state index in [0.29, 0.717) is 22.8 Å². The second-order valence-electron chi connectivity index (χ2n) is 11.1. The molecule has 2 aromatic heterocycles. The molecule has 2 aliphatic rings. The van der Waals surface area contributed by atoms with Crippen LogP contribution in [0.2, 0.25) is 5.02 Å². The number of hydrogen-bond donors (Lipinski definition) is 1. The number of aliphatic carboxylic acids is 1. The third-order valence-corrected chi connectivity index (χ3v) is 9.29. The minimum absolute atomic E-state index is 0.00851. The third kappa shape index (κ3) is 6.01. The summed E-state index contributed by atoms with van der Waals surface area (Å²) in [6, 6.07) is 6.49. The van der Waals surface area contributed by atoms with Gasteiger partial charge in [-0.15, -0.1) is 11.3 Å². The summed E-state index contributed by atoms with van der Waals surface area (Å²) >= 11 is 7.56. The second-order valence-corrected chi connectivity index (χ2v) is 12.6. The summed E-state index contributed by atoms with van der Waals surface area (Å²) in [5, 5.41) is 12.4. The van der Waals surface area contributed by atoms with E-state index in [2.05, 4.69) is 4.98 Å². The molecule has 0 bridgehead atoms. The lowest BCUT2D eigenvalue weighted by atomic mass is 9.79. The van der Waals surface area contributed by atoms with E-state index in [1.54, 1.807) is 29.6 Å². The number of carboxylic acid groups (broad SMARTS) is 1. The van der Waals surface area contributed by atoms with E-state index in [1.807, 2.05) is 13.8 Å². The van der Waals surface area contributed by atoms with Gasteiger partial charge in [0.05, 0.1) is 11.6 Å². The van der Waals surface area contributed by atoms with Crippen molar-refractivity contribution in [2.24, 2.45) is 0 Å². The highest BCUT2D eigenvalue weighted by molar-refractivity contribution is 7.10.